The monoisotopic (exact) mass is 391 g/mol. The van der Waals surface area contributed by atoms with E-state index in [2.05, 4.69) is 108 Å². The molecule has 0 aromatic carbocycles. The van der Waals surface area contributed by atoms with E-state index in [1.165, 1.54) is 25.7 Å². The SMILES string of the molecule is CC=CC(CC(C)(C)C)/N=C/C(C)(CCCC(C)(C)C)C(C)(CC)C(C)(C)C. The van der Waals surface area contributed by atoms with Crippen molar-refractivity contribution in [1.82, 2.24) is 0 Å². The van der Waals surface area contributed by atoms with Crippen molar-refractivity contribution in [3.8, 4) is 0 Å². The van der Waals surface area contributed by atoms with E-state index in [0.717, 1.165) is 6.42 Å². The predicted octanol–water partition coefficient (Wildman–Crippen LogP) is 9.12. The minimum Gasteiger partial charge on any atom is -0.289 e. The molecule has 0 saturated carbocycles. The van der Waals surface area contributed by atoms with Gasteiger partial charge in [-0.15, -0.1) is 0 Å². The second-order valence-corrected chi connectivity index (χ2v) is 12.9. The molecule has 3 atom stereocenters. The Morgan fingerprint density at radius 1 is 0.786 bits per heavy atom. The highest BCUT2D eigenvalue weighted by molar-refractivity contribution is 5.67. The van der Waals surface area contributed by atoms with Crippen LogP contribution in [0.1, 0.15) is 122 Å². The van der Waals surface area contributed by atoms with Gasteiger partial charge in [0.15, 0.2) is 0 Å². The largest absolute Gasteiger partial charge is 0.289 e. The van der Waals surface area contributed by atoms with Crippen molar-refractivity contribution < 1.29 is 0 Å². The summed E-state index contributed by atoms with van der Waals surface area (Å²) < 4.78 is 0. The third kappa shape index (κ3) is 8.42. The standard InChI is InChI=1S/C27H53N/c1-14-17-22(20-24(6,7)8)28-21-26(12,19-16-18-23(3,4)5)27(13,15-2)25(9,10)11/h14,17,21-22H,15-16,18-20H2,1-13H3/b17-14?,28-21+. The number of hydrogen-bond donors (Lipinski definition) is 0. The van der Waals surface area contributed by atoms with Crippen LogP contribution in [0.15, 0.2) is 17.1 Å². The Kier molecular flexibility index (Phi) is 9.73. The molecule has 166 valence electrons. The summed E-state index contributed by atoms with van der Waals surface area (Å²) in [4.78, 5) is 5.20. The maximum Gasteiger partial charge on any atom is 0.0681 e. The van der Waals surface area contributed by atoms with E-state index in [9.17, 15) is 0 Å². The predicted molar refractivity (Wildman–Crippen MR) is 130 cm³/mol. The summed E-state index contributed by atoms with van der Waals surface area (Å²) in [6, 6.07) is 0.271. The molecule has 0 aliphatic carbocycles. The highest BCUT2D eigenvalue weighted by Gasteiger charge is 2.49. The summed E-state index contributed by atoms with van der Waals surface area (Å²) in [5.74, 6) is 0. The number of aliphatic imine (C=N–C) groups is 1. The van der Waals surface area contributed by atoms with Crippen LogP contribution >= 0.6 is 0 Å². The minimum atomic E-state index is 0.0863. The lowest BCUT2D eigenvalue weighted by Gasteiger charge is -2.53. The summed E-state index contributed by atoms with van der Waals surface area (Å²) >= 11 is 0. The summed E-state index contributed by atoms with van der Waals surface area (Å²) in [5, 5.41) is 0. The van der Waals surface area contributed by atoms with E-state index in [1.54, 1.807) is 0 Å². The van der Waals surface area contributed by atoms with Crippen molar-refractivity contribution in [3.05, 3.63) is 12.2 Å². The van der Waals surface area contributed by atoms with Gasteiger partial charge in [0, 0.05) is 11.6 Å². The highest BCUT2D eigenvalue weighted by Crippen LogP contribution is 2.55. The zero-order chi connectivity index (χ0) is 22.4. The Morgan fingerprint density at radius 2 is 1.32 bits per heavy atom. The third-order valence-corrected chi connectivity index (χ3v) is 7.03. The van der Waals surface area contributed by atoms with Gasteiger partial charge < -0.3 is 0 Å². The fraction of sp³-hybridized carbons (Fsp3) is 0.889. The van der Waals surface area contributed by atoms with Gasteiger partial charge in [-0.25, -0.2) is 0 Å². The van der Waals surface area contributed by atoms with E-state index < -0.39 is 0 Å². The summed E-state index contributed by atoms with van der Waals surface area (Å²) in [7, 11) is 0. The van der Waals surface area contributed by atoms with Gasteiger partial charge in [0.2, 0.25) is 0 Å². The zero-order valence-electron chi connectivity index (χ0n) is 21.8. The molecule has 3 unspecified atom stereocenters. The number of rotatable bonds is 9. The Morgan fingerprint density at radius 3 is 1.68 bits per heavy atom. The van der Waals surface area contributed by atoms with E-state index in [0.29, 0.717) is 5.41 Å². The van der Waals surface area contributed by atoms with E-state index in [4.69, 9.17) is 4.99 Å². The Bertz CT molecular complexity index is 506. The first-order chi connectivity index (χ1) is 12.4. The van der Waals surface area contributed by atoms with Crippen molar-refractivity contribution in [2.75, 3.05) is 0 Å². The van der Waals surface area contributed by atoms with Gasteiger partial charge in [0.05, 0.1) is 6.04 Å². The highest BCUT2D eigenvalue weighted by atomic mass is 14.8. The molecule has 0 radical (unpaired) electrons. The average molecular weight is 392 g/mol. The molecule has 0 rings (SSSR count). The summed E-state index contributed by atoms with van der Waals surface area (Å²) in [6.45, 7) is 30.7. The number of nitrogens with zero attached hydrogens (tertiary/aromatic N) is 1. The summed E-state index contributed by atoms with van der Waals surface area (Å²) in [5.41, 5.74) is 1.18. The maximum absolute atomic E-state index is 5.20. The molecule has 0 aromatic heterocycles. The molecule has 0 saturated heterocycles. The molecule has 1 nitrogen and oxygen atoms in total. The van der Waals surface area contributed by atoms with Crippen LogP contribution in [0.3, 0.4) is 0 Å². The molecule has 0 fully saturated rings. The van der Waals surface area contributed by atoms with Gasteiger partial charge in [-0.1, -0.05) is 102 Å². The minimum absolute atomic E-state index is 0.0863. The molecule has 28 heavy (non-hydrogen) atoms. The molecular formula is C27H53N. The van der Waals surface area contributed by atoms with Crippen molar-refractivity contribution >= 4 is 6.21 Å². The molecule has 0 heterocycles. The second-order valence-electron chi connectivity index (χ2n) is 12.9. The van der Waals surface area contributed by atoms with Crippen LogP contribution in [0.25, 0.3) is 0 Å². The first-order valence-electron chi connectivity index (χ1n) is 11.6. The number of allylic oxidation sites excluding steroid dienone is 1. The molecule has 0 amide bonds. The van der Waals surface area contributed by atoms with Crippen LogP contribution in [0.4, 0.5) is 0 Å². The Hall–Kier alpha value is -0.590. The Labute approximate surface area is 178 Å². The first-order valence-corrected chi connectivity index (χ1v) is 11.6. The molecular weight excluding hydrogens is 338 g/mol. The van der Waals surface area contributed by atoms with E-state index >= 15 is 0 Å². The zero-order valence-corrected chi connectivity index (χ0v) is 21.8. The number of hydrogen-bond acceptors (Lipinski definition) is 1. The molecule has 0 aliphatic rings. The van der Waals surface area contributed by atoms with Crippen molar-refractivity contribution in [1.29, 1.82) is 0 Å². The van der Waals surface area contributed by atoms with Gasteiger partial charge in [0.1, 0.15) is 0 Å². The average Bonchev–Trinajstić information content (AvgIpc) is 2.48. The van der Waals surface area contributed by atoms with Gasteiger partial charge in [-0.3, -0.25) is 4.99 Å². The van der Waals surface area contributed by atoms with Crippen LogP contribution in [0.2, 0.25) is 0 Å². The quantitative estimate of drug-likeness (QED) is 0.274. The van der Waals surface area contributed by atoms with Crippen molar-refractivity contribution in [2.45, 2.75) is 128 Å². The lowest BCUT2D eigenvalue weighted by molar-refractivity contribution is -0.00180. The van der Waals surface area contributed by atoms with Gasteiger partial charge in [0.25, 0.3) is 0 Å². The van der Waals surface area contributed by atoms with Crippen molar-refractivity contribution in [2.24, 2.45) is 32.1 Å². The van der Waals surface area contributed by atoms with E-state index in [1.807, 2.05) is 0 Å². The van der Waals surface area contributed by atoms with Gasteiger partial charge in [-0.05, 0) is 54.3 Å². The fourth-order valence-electron chi connectivity index (χ4n) is 4.54. The molecule has 0 N–H and O–H groups in total. The lowest BCUT2D eigenvalue weighted by Crippen LogP contribution is -2.48. The van der Waals surface area contributed by atoms with Gasteiger partial charge in [-0.2, -0.15) is 0 Å². The first kappa shape index (κ1) is 27.4. The molecule has 0 aliphatic heterocycles. The molecule has 0 aromatic rings. The van der Waals surface area contributed by atoms with Crippen LogP contribution in [0, 0.1) is 27.1 Å². The smallest absolute Gasteiger partial charge is 0.0681 e. The Balaban J connectivity index is 5.94. The lowest BCUT2D eigenvalue weighted by atomic mass is 9.51. The second kappa shape index (κ2) is 9.94. The fourth-order valence-corrected chi connectivity index (χ4v) is 4.54. The van der Waals surface area contributed by atoms with Crippen LogP contribution in [-0.2, 0) is 0 Å². The van der Waals surface area contributed by atoms with Crippen molar-refractivity contribution in [3.63, 3.8) is 0 Å². The van der Waals surface area contributed by atoms with Crippen LogP contribution in [-0.4, -0.2) is 12.3 Å². The third-order valence-electron chi connectivity index (χ3n) is 7.03. The van der Waals surface area contributed by atoms with E-state index in [-0.39, 0.29) is 27.7 Å². The summed E-state index contributed by atoms with van der Waals surface area (Å²) in [6.07, 6.45) is 12.8. The molecule has 0 spiro atoms. The molecule has 0 bridgehead atoms. The topological polar surface area (TPSA) is 12.4 Å². The van der Waals surface area contributed by atoms with Crippen LogP contribution in [0.5, 0.6) is 0 Å². The van der Waals surface area contributed by atoms with Crippen LogP contribution < -0.4 is 0 Å². The normalized spacial score (nSPS) is 19.8. The molecule has 1 heteroatoms. The maximum atomic E-state index is 5.20. The van der Waals surface area contributed by atoms with Gasteiger partial charge >= 0.3 is 0 Å².